The SMILES string of the molecule is O=C(COC(=O)c1nn(-c2ccc(F)cc2)c2c1CCC2)Nc1ccc(Br)cc1Cl. The average molecular weight is 493 g/mol. The monoisotopic (exact) mass is 491 g/mol. The second-order valence-corrected chi connectivity index (χ2v) is 8.09. The Kier molecular flexibility index (Phi) is 5.87. The van der Waals surface area contributed by atoms with Crippen molar-refractivity contribution in [2.45, 2.75) is 19.3 Å². The zero-order valence-electron chi connectivity index (χ0n) is 15.6. The maximum atomic E-state index is 13.2. The predicted octanol–water partition coefficient (Wildman–Crippen LogP) is 4.71. The van der Waals surface area contributed by atoms with Gasteiger partial charge in [-0.15, -0.1) is 0 Å². The van der Waals surface area contributed by atoms with Crippen LogP contribution in [0, 0.1) is 5.82 Å². The molecule has 1 aromatic heterocycles. The molecule has 1 heterocycles. The number of anilines is 1. The molecule has 30 heavy (non-hydrogen) atoms. The summed E-state index contributed by atoms with van der Waals surface area (Å²) in [5, 5.41) is 7.34. The second-order valence-electron chi connectivity index (χ2n) is 6.76. The van der Waals surface area contributed by atoms with E-state index in [1.54, 1.807) is 35.0 Å². The zero-order valence-corrected chi connectivity index (χ0v) is 18.0. The number of ether oxygens (including phenoxy) is 1. The first-order valence-corrected chi connectivity index (χ1v) is 10.4. The minimum atomic E-state index is -0.675. The van der Waals surface area contributed by atoms with E-state index in [1.165, 1.54) is 12.1 Å². The van der Waals surface area contributed by atoms with Gasteiger partial charge >= 0.3 is 5.97 Å². The molecule has 1 amide bonds. The van der Waals surface area contributed by atoms with Gasteiger partial charge in [-0.2, -0.15) is 5.10 Å². The molecule has 0 unspecified atom stereocenters. The summed E-state index contributed by atoms with van der Waals surface area (Å²) in [7, 11) is 0. The fourth-order valence-corrected chi connectivity index (χ4v) is 4.09. The third-order valence-corrected chi connectivity index (χ3v) is 5.54. The molecule has 6 nitrogen and oxygen atoms in total. The number of esters is 1. The number of aromatic nitrogens is 2. The maximum absolute atomic E-state index is 13.2. The number of nitrogens with one attached hydrogen (secondary N) is 1. The van der Waals surface area contributed by atoms with Gasteiger partial charge < -0.3 is 10.1 Å². The lowest BCUT2D eigenvalue weighted by Crippen LogP contribution is -2.21. The summed E-state index contributed by atoms with van der Waals surface area (Å²) >= 11 is 9.37. The number of fused-ring (bicyclic) bond motifs is 1. The summed E-state index contributed by atoms with van der Waals surface area (Å²) in [5.41, 5.74) is 2.97. The number of amides is 1. The van der Waals surface area contributed by atoms with Gasteiger partial charge in [-0.3, -0.25) is 4.79 Å². The first kappa shape index (κ1) is 20.6. The maximum Gasteiger partial charge on any atom is 0.359 e. The van der Waals surface area contributed by atoms with E-state index in [-0.39, 0.29) is 11.5 Å². The Morgan fingerprint density at radius 2 is 1.97 bits per heavy atom. The number of hydrogen-bond donors (Lipinski definition) is 1. The molecular weight excluding hydrogens is 477 g/mol. The number of hydrogen-bond acceptors (Lipinski definition) is 4. The molecule has 154 valence electrons. The molecule has 1 N–H and O–H groups in total. The third-order valence-electron chi connectivity index (χ3n) is 4.73. The van der Waals surface area contributed by atoms with Crippen LogP contribution in [0.3, 0.4) is 0 Å². The van der Waals surface area contributed by atoms with Crippen LogP contribution in [0.15, 0.2) is 46.9 Å². The fourth-order valence-electron chi connectivity index (χ4n) is 3.37. The molecule has 1 aliphatic rings. The Morgan fingerprint density at radius 3 is 2.70 bits per heavy atom. The van der Waals surface area contributed by atoms with E-state index in [4.69, 9.17) is 16.3 Å². The van der Waals surface area contributed by atoms with E-state index in [2.05, 4.69) is 26.3 Å². The minimum absolute atomic E-state index is 0.182. The molecule has 0 aliphatic heterocycles. The lowest BCUT2D eigenvalue weighted by Gasteiger charge is -2.08. The van der Waals surface area contributed by atoms with Crippen LogP contribution in [-0.4, -0.2) is 28.3 Å². The Balaban J connectivity index is 1.47. The average Bonchev–Trinajstić information content (AvgIpc) is 3.32. The van der Waals surface area contributed by atoms with Gasteiger partial charge in [-0.25, -0.2) is 13.9 Å². The first-order chi connectivity index (χ1) is 14.4. The van der Waals surface area contributed by atoms with E-state index in [0.29, 0.717) is 22.8 Å². The fraction of sp³-hybridized carbons (Fsp3) is 0.190. The van der Waals surface area contributed by atoms with Crippen molar-refractivity contribution in [2.75, 3.05) is 11.9 Å². The molecule has 2 aromatic carbocycles. The number of halogens is 3. The van der Waals surface area contributed by atoms with Gasteiger partial charge in [-0.1, -0.05) is 27.5 Å². The summed E-state index contributed by atoms with van der Waals surface area (Å²) in [6.45, 7) is -0.469. The van der Waals surface area contributed by atoms with Gasteiger partial charge in [0.1, 0.15) is 5.82 Å². The summed E-state index contributed by atoms with van der Waals surface area (Å²) in [6.07, 6.45) is 2.34. The lowest BCUT2D eigenvalue weighted by atomic mass is 10.2. The summed E-state index contributed by atoms with van der Waals surface area (Å²) in [4.78, 5) is 24.8. The molecule has 0 saturated carbocycles. The van der Waals surface area contributed by atoms with E-state index < -0.39 is 18.5 Å². The molecule has 3 aromatic rings. The standard InChI is InChI=1S/C21H16BrClFN3O3/c22-12-4-9-17(16(23)10-12)25-19(28)11-30-21(29)20-15-2-1-3-18(15)27(26-20)14-7-5-13(24)6-8-14/h4-10H,1-3,11H2,(H,25,28). The molecule has 0 spiro atoms. The molecule has 0 fully saturated rings. The van der Waals surface area contributed by atoms with Gasteiger partial charge in [-0.05, 0) is 61.7 Å². The van der Waals surface area contributed by atoms with E-state index in [0.717, 1.165) is 28.6 Å². The summed E-state index contributed by atoms with van der Waals surface area (Å²) in [6, 6.07) is 10.9. The Labute approximate surface area is 185 Å². The van der Waals surface area contributed by atoms with E-state index in [1.807, 2.05) is 0 Å². The van der Waals surface area contributed by atoms with E-state index >= 15 is 0 Å². The quantitative estimate of drug-likeness (QED) is 0.524. The van der Waals surface area contributed by atoms with Crippen LogP contribution in [0.1, 0.15) is 28.2 Å². The van der Waals surface area contributed by atoms with Crippen molar-refractivity contribution in [3.05, 3.63) is 74.7 Å². The van der Waals surface area contributed by atoms with E-state index in [9.17, 15) is 14.0 Å². The Hall–Kier alpha value is -2.71. The summed E-state index contributed by atoms with van der Waals surface area (Å²) in [5.74, 6) is -1.53. The van der Waals surface area contributed by atoms with Crippen LogP contribution < -0.4 is 5.32 Å². The normalized spacial score (nSPS) is 12.5. The van der Waals surface area contributed by atoms with Crippen molar-refractivity contribution in [3.63, 3.8) is 0 Å². The van der Waals surface area contributed by atoms with Crippen molar-refractivity contribution < 1.29 is 18.7 Å². The Morgan fingerprint density at radius 1 is 1.20 bits per heavy atom. The number of nitrogens with zero attached hydrogens (tertiary/aromatic N) is 2. The molecule has 9 heteroatoms. The first-order valence-electron chi connectivity index (χ1n) is 9.21. The molecule has 0 bridgehead atoms. The largest absolute Gasteiger partial charge is 0.451 e. The summed E-state index contributed by atoms with van der Waals surface area (Å²) < 4.78 is 20.8. The third kappa shape index (κ3) is 4.24. The van der Waals surface area contributed by atoms with Crippen LogP contribution >= 0.6 is 27.5 Å². The highest BCUT2D eigenvalue weighted by Gasteiger charge is 2.28. The van der Waals surface area contributed by atoms with Crippen LogP contribution in [0.2, 0.25) is 5.02 Å². The number of carbonyl (C=O) groups excluding carboxylic acids is 2. The Bertz CT molecular complexity index is 1130. The molecule has 0 saturated heterocycles. The molecule has 1 aliphatic carbocycles. The molecule has 4 rings (SSSR count). The van der Waals surface area contributed by atoms with Gasteiger partial charge in [0.05, 0.1) is 16.4 Å². The highest BCUT2D eigenvalue weighted by molar-refractivity contribution is 9.10. The number of benzene rings is 2. The number of carbonyl (C=O) groups is 2. The van der Waals surface area contributed by atoms with Crippen LogP contribution in [0.5, 0.6) is 0 Å². The lowest BCUT2D eigenvalue weighted by molar-refractivity contribution is -0.119. The highest BCUT2D eigenvalue weighted by Crippen LogP contribution is 2.29. The molecular formula is C21H16BrClFN3O3. The number of rotatable bonds is 5. The highest BCUT2D eigenvalue weighted by atomic mass is 79.9. The van der Waals surface area contributed by atoms with Crippen molar-refractivity contribution >= 4 is 45.1 Å². The van der Waals surface area contributed by atoms with Crippen molar-refractivity contribution in [1.29, 1.82) is 0 Å². The van der Waals surface area contributed by atoms with Gasteiger partial charge in [0.25, 0.3) is 5.91 Å². The topological polar surface area (TPSA) is 73.2 Å². The molecule has 0 atom stereocenters. The van der Waals surface area contributed by atoms with Crippen molar-refractivity contribution in [1.82, 2.24) is 9.78 Å². The predicted molar refractivity (Wildman–Crippen MR) is 114 cm³/mol. The smallest absolute Gasteiger partial charge is 0.359 e. The van der Waals surface area contributed by atoms with Crippen molar-refractivity contribution in [3.8, 4) is 5.69 Å². The van der Waals surface area contributed by atoms with Gasteiger partial charge in [0.2, 0.25) is 0 Å². The molecule has 0 radical (unpaired) electrons. The second kappa shape index (κ2) is 8.57. The minimum Gasteiger partial charge on any atom is -0.451 e. The van der Waals surface area contributed by atoms with Gasteiger partial charge in [0.15, 0.2) is 12.3 Å². The van der Waals surface area contributed by atoms with Crippen LogP contribution in [0.4, 0.5) is 10.1 Å². The van der Waals surface area contributed by atoms with Crippen molar-refractivity contribution in [2.24, 2.45) is 0 Å². The van der Waals surface area contributed by atoms with Crippen LogP contribution in [-0.2, 0) is 22.4 Å². The zero-order chi connectivity index (χ0) is 21.3. The van der Waals surface area contributed by atoms with Gasteiger partial charge in [0, 0.05) is 15.7 Å². The van der Waals surface area contributed by atoms with Crippen LogP contribution in [0.25, 0.3) is 5.69 Å².